The van der Waals surface area contributed by atoms with Crippen LogP contribution in [0, 0.1) is 13.8 Å². The van der Waals surface area contributed by atoms with Crippen LogP contribution >= 0.6 is 0 Å². The number of carbonyl (C=O) groups is 2. The number of carbonyl (C=O) groups excluding carboxylic acids is 1. The van der Waals surface area contributed by atoms with E-state index in [0.717, 1.165) is 29.9 Å². The van der Waals surface area contributed by atoms with E-state index in [-0.39, 0.29) is 18.8 Å². The van der Waals surface area contributed by atoms with E-state index in [1.54, 1.807) is 0 Å². The quantitative estimate of drug-likeness (QED) is 0.339. The van der Waals surface area contributed by atoms with Gasteiger partial charge in [0.25, 0.3) is 0 Å². The summed E-state index contributed by atoms with van der Waals surface area (Å²) in [6, 6.07) is 0. The highest BCUT2D eigenvalue weighted by Gasteiger charge is 2.25. The molecule has 1 unspecified atom stereocenters. The Morgan fingerprint density at radius 1 is 1.07 bits per heavy atom. The minimum Gasteiger partial charge on any atom is -0.481 e. The number of aliphatic carboxylic acids is 1. The Kier molecular flexibility index (Phi) is 9.03. The number of rotatable bonds is 12. The Labute approximate surface area is 163 Å². The molecule has 0 spiro atoms. The Morgan fingerprint density at radius 2 is 1.67 bits per heavy atom. The molecule has 154 valence electrons. The number of esters is 1. The summed E-state index contributed by atoms with van der Waals surface area (Å²) in [6.07, 6.45) is 4.24. The Hall–Kier alpha value is -1.82. The maximum Gasteiger partial charge on any atom is 0.307 e. The van der Waals surface area contributed by atoms with Crippen molar-refractivity contribution in [2.45, 2.75) is 71.8 Å². The molecule has 27 heavy (non-hydrogen) atoms. The Balaban J connectivity index is 2.64. The van der Waals surface area contributed by atoms with Crippen molar-refractivity contribution in [1.82, 2.24) is 0 Å². The van der Waals surface area contributed by atoms with Crippen molar-refractivity contribution in [3.05, 3.63) is 22.6 Å². The predicted molar refractivity (Wildman–Crippen MR) is 105 cm³/mol. The maximum absolute atomic E-state index is 12.2. The summed E-state index contributed by atoms with van der Waals surface area (Å²) < 4.78 is 12.0. The standard InChI is InChI=1S/C21H35NO5/c1-7-8-9-10-18-15(2)16(3)19(27-18)11-12-21(25)26-17(13-20(23)24)14-22(4,5)6/h17H,7-14H2,1-6H3/p+1. The average Bonchev–Trinajstić information content (AvgIpc) is 2.79. The molecule has 1 aromatic rings. The van der Waals surface area contributed by atoms with Gasteiger partial charge in [0.1, 0.15) is 18.1 Å². The fourth-order valence-electron chi connectivity index (χ4n) is 3.14. The van der Waals surface area contributed by atoms with Crippen LogP contribution in [0.2, 0.25) is 0 Å². The van der Waals surface area contributed by atoms with Gasteiger partial charge in [-0.15, -0.1) is 0 Å². The fraction of sp³-hybridized carbons (Fsp3) is 0.714. The summed E-state index contributed by atoms with van der Waals surface area (Å²) in [7, 11) is 5.83. The molecule has 0 amide bonds. The van der Waals surface area contributed by atoms with Gasteiger partial charge in [-0.05, 0) is 31.4 Å². The van der Waals surface area contributed by atoms with Crippen LogP contribution in [0.1, 0.15) is 61.7 Å². The zero-order valence-electron chi connectivity index (χ0n) is 17.8. The van der Waals surface area contributed by atoms with Crippen LogP contribution in [-0.4, -0.2) is 55.3 Å². The van der Waals surface area contributed by atoms with Crippen molar-refractivity contribution < 1.29 is 28.3 Å². The molecule has 1 atom stereocenters. The molecule has 0 saturated carbocycles. The summed E-state index contributed by atoms with van der Waals surface area (Å²) >= 11 is 0. The number of unbranched alkanes of at least 4 members (excludes halogenated alkanes) is 2. The third kappa shape index (κ3) is 8.61. The van der Waals surface area contributed by atoms with E-state index in [4.69, 9.17) is 14.3 Å². The number of ether oxygens (including phenoxy) is 1. The van der Waals surface area contributed by atoms with E-state index in [1.165, 1.54) is 18.4 Å². The molecule has 0 saturated heterocycles. The molecule has 1 rings (SSSR count). The molecule has 1 N–H and O–H groups in total. The lowest BCUT2D eigenvalue weighted by atomic mass is 10.1. The summed E-state index contributed by atoms with van der Waals surface area (Å²) in [5.41, 5.74) is 2.27. The second-order valence-corrected chi connectivity index (χ2v) is 8.34. The first-order valence-electron chi connectivity index (χ1n) is 9.83. The highest BCUT2D eigenvalue weighted by Crippen LogP contribution is 2.24. The fourth-order valence-corrected chi connectivity index (χ4v) is 3.14. The lowest BCUT2D eigenvalue weighted by molar-refractivity contribution is -0.873. The first-order chi connectivity index (χ1) is 12.5. The molecule has 0 aliphatic heterocycles. The van der Waals surface area contributed by atoms with Gasteiger partial charge in [-0.2, -0.15) is 0 Å². The molecule has 1 heterocycles. The molecule has 6 heteroatoms. The minimum absolute atomic E-state index is 0.179. The summed E-state index contributed by atoms with van der Waals surface area (Å²) in [6.45, 7) is 6.71. The monoisotopic (exact) mass is 382 g/mol. The van der Waals surface area contributed by atoms with Crippen molar-refractivity contribution >= 4 is 11.9 Å². The van der Waals surface area contributed by atoms with Gasteiger partial charge in [0.15, 0.2) is 6.10 Å². The lowest BCUT2D eigenvalue weighted by Crippen LogP contribution is -2.43. The topological polar surface area (TPSA) is 76.7 Å². The summed E-state index contributed by atoms with van der Waals surface area (Å²) in [4.78, 5) is 23.3. The largest absolute Gasteiger partial charge is 0.481 e. The molecule has 0 aliphatic rings. The SMILES string of the molecule is CCCCCc1oc(CCC(=O)OC(CC(=O)O)C[N+](C)(C)C)c(C)c1C. The number of furan rings is 1. The molecule has 0 bridgehead atoms. The number of nitrogens with zero attached hydrogens (tertiary/aromatic N) is 1. The molecular formula is C21H36NO5+. The number of hydrogen-bond acceptors (Lipinski definition) is 4. The predicted octanol–water partition coefficient (Wildman–Crippen LogP) is 3.65. The zero-order valence-corrected chi connectivity index (χ0v) is 17.8. The van der Waals surface area contributed by atoms with Gasteiger partial charge in [-0.1, -0.05) is 19.8 Å². The third-order valence-electron chi connectivity index (χ3n) is 4.66. The third-order valence-corrected chi connectivity index (χ3v) is 4.66. The van der Waals surface area contributed by atoms with Crippen LogP contribution in [0.4, 0.5) is 0 Å². The van der Waals surface area contributed by atoms with E-state index >= 15 is 0 Å². The van der Waals surface area contributed by atoms with Gasteiger partial charge < -0.3 is 18.7 Å². The van der Waals surface area contributed by atoms with Crippen LogP contribution in [0.25, 0.3) is 0 Å². The van der Waals surface area contributed by atoms with Crippen molar-refractivity contribution in [3.63, 3.8) is 0 Å². The number of quaternary nitrogens is 1. The summed E-state index contributed by atoms with van der Waals surface area (Å²) in [5, 5.41) is 9.05. The normalized spacial score (nSPS) is 12.8. The van der Waals surface area contributed by atoms with E-state index in [1.807, 2.05) is 28.1 Å². The molecule has 0 fully saturated rings. The van der Waals surface area contributed by atoms with Gasteiger partial charge in [0.2, 0.25) is 0 Å². The number of likely N-dealkylation sites (N-methyl/N-ethyl adjacent to an activating group) is 1. The summed E-state index contributed by atoms with van der Waals surface area (Å²) in [5.74, 6) is 0.501. The van der Waals surface area contributed by atoms with Crippen LogP contribution in [-0.2, 0) is 27.2 Å². The van der Waals surface area contributed by atoms with Crippen molar-refractivity contribution in [3.8, 4) is 0 Å². The molecule has 1 aromatic heterocycles. The van der Waals surface area contributed by atoms with Crippen LogP contribution in [0.5, 0.6) is 0 Å². The molecule has 0 aromatic carbocycles. The van der Waals surface area contributed by atoms with Crippen molar-refractivity contribution in [2.75, 3.05) is 27.7 Å². The van der Waals surface area contributed by atoms with E-state index in [0.29, 0.717) is 17.4 Å². The zero-order chi connectivity index (χ0) is 20.6. The maximum atomic E-state index is 12.2. The Morgan fingerprint density at radius 3 is 2.19 bits per heavy atom. The second-order valence-electron chi connectivity index (χ2n) is 8.34. The number of aryl methyl sites for hydroxylation is 2. The van der Waals surface area contributed by atoms with Crippen LogP contribution < -0.4 is 0 Å². The molecular weight excluding hydrogens is 346 g/mol. The van der Waals surface area contributed by atoms with Gasteiger partial charge in [0, 0.05) is 12.8 Å². The number of carboxylic acids is 1. The number of carboxylic acid groups (broad SMARTS) is 1. The van der Waals surface area contributed by atoms with Crippen molar-refractivity contribution in [2.24, 2.45) is 0 Å². The van der Waals surface area contributed by atoms with Gasteiger partial charge in [0.05, 0.1) is 34.0 Å². The van der Waals surface area contributed by atoms with E-state index < -0.39 is 12.1 Å². The van der Waals surface area contributed by atoms with Crippen LogP contribution in [0.3, 0.4) is 0 Å². The second kappa shape index (κ2) is 10.5. The first-order valence-corrected chi connectivity index (χ1v) is 9.83. The van der Waals surface area contributed by atoms with Gasteiger partial charge in [-0.25, -0.2) is 0 Å². The number of hydrogen-bond donors (Lipinski definition) is 1. The smallest absolute Gasteiger partial charge is 0.307 e. The van der Waals surface area contributed by atoms with E-state index in [2.05, 4.69) is 13.8 Å². The van der Waals surface area contributed by atoms with Crippen molar-refractivity contribution in [1.29, 1.82) is 0 Å². The Bertz CT molecular complexity index is 627. The minimum atomic E-state index is -0.963. The highest BCUT2D eigenvalue weighted by molar-refractivity contribution is 5.71. The first kappa shape index (κ1) is 23.2. The van der Waals surface area contributed by atoms with E-state index in [9.17, 15) is 9.59 Å². The van der Waals surface area contributed by atoms with Gasteiger partial charge in [-0.3, -0.25) is 9.59 Å². The lowest BCUT2D eigenvalue weighted by Gasteiger charge is -2.28. The molecule has 0 aliphatic carbocycles. The molecule has 0 radical (unpaired) electrons. The molecule has 6 nitrogen and oxygen atoms in total. The van der Waals surface area contributed by atoms with Crippen LogP contribution in [0.15, 0.2) is 4.42 Å². The highest BCUT2D eigenvalue weighted by atomic mass is 16.5. The average molecular weight is 383 g/mol. The van der Waals surface area contributed by atoms with Gasteiger partial charge >= 0.3 is 11.9 Å².